The van der Waals surface area contributed by atoms with Gasteiger partial charge in [0, 0.05) is 22.0 Å². The number of pyridine rings is 1. The molecule has 0 aliphatic carbocycles. The lowest BCUT2D eigenvalue weighted by molar-refractivity contribution is 0.664. The second kappa shape index (κ2) is 16.1. The Morgan fingerprint density at radius 2 is 0.774 bits per heavy atom. The quantitative estimate of drug-likeness (QED) is 0.156. The number of fused-ring (bicyclic) bond motifs is 3. The van der Waals surface area contributed by atoms with Crippen LogP contribution in [0.2, 0.25) is 0 Å². The van der Waals surface area contributed by atoms with E-state index in [1.807, 2.05) is 12.1 Å². The summed E-state index contributed by atoms with van der Waals surface area (Å²) in [7, 11) is 0. The lowest BCUT2D eigenvalue weighted by atomic mass is 9.90. The van der Waals surface area contributed by atoms with Gasteiger partial charge in [-0.3, -0.25) is 4.99 Å². The minimum atomic E-state index is -0.205. The summed E-state index contributed by atoms with van der Waals surface area (Å²) >= 11 is 0. The van der Waals surface area contributed by atoms with Gasteiger partial charge in [0.05, 0.1) is 16.9 Å². The predicted octanol–water partition coefficient (Wildman–Crippen LogP) is 14.9. The molecule has 0 bridgehead atoms. The maximum Gasteiger partial charge on any atom is 0.145 e. The molecule has 1 N–H and O–H groups in total. The smallest absolute Gasteiger partial charge is 0.145 e. The third-order valence-electron chi connectivity index (χ3n) is 11.9. The fourth-order valence-electron chi connectivity index (χ4n) is 8.71. The summed E-state index contributed by atoms with van der Waals surface area (Å²) in [5.41, 5.74) is 17.7. The number of aromatic nitrogens is 1. The first-order valence-corrected chi connectivity index (χ1v) is 21.2. The molecule has 1 atom stereocenters. The molecule has 0 fully saturated rings. The summed E-state index contributed by atoms with van der Waals surface area (Å²) in [5, 5.41) is 7.10. The lowest BCUT2D eigenvalue weighted by Crippen LogP contribution is -2.24. The van der Waals surface area contributed by atoms with E-state index in [4.69, 9.17) is 9.98 Å². The number of nitrogens with one attached hydrogen (secondary N) is 1. The predicted molar refractivity (Wildman–Crippen MR) is 260 cm³/mol. The topological polar surface area (TPSA) is 37.3 Å². The first-order valence-electron chi connectivity index (χ1n) is 21.2. The summed E-state index contributed by atoms with van der Waals surface area (Å²) in [6, 6.07) is 82.0. The fourth-order valence-corrected chi connectivity index (χ4v) is 8.71. The van der Waals surface area contributed by atoms with Gasteiger partial charge in [-0.25, -0.2) is 4.98 Å². The first-order chi connectivity index (χ1) is 30.7. The molecule has 11 rings (SSSR count). The van der Waals surface area contributed by atoms with Crippen LogP contribution in [0.5, 0.6) is 0 Å². The molecule has 2 heterocycles. The highest BCUT2D eigenvalue weighted by Crippen LogP contribution is 2.41. The molecule has 1 aliphatic heterocycles. The average molecular weight is 792 g/mol. The van der Waals surface area contributed by atoms with E-state index >= 15 is 0 Å². The van der Waals surface area contributed by atoms with Crippen LogP contribution in [-0.2, 0) is 0 Å². The minimum absolute atomic E-state index is 0.205. The number of allylic oxidation sites excluding steroid dienone is 1. The van der Waals surface area contributed by atoms with Gasteiger partial charge < -0.3 is 5.32 Å². The van der Waals surface area contributed by atoms with Crippen molar-refractivity contribution in [3.63, 3.8) is 0 Å². The van der Waals surface area contributed by atoms with Crippen LogP contribution >= 0.6 is 0 Å². The standard InChI is InChI=1S/C59H41N3/c1-5-15-40(16-6-1)42-25-29-44(30-26-42)52-37-54-53(45-31-27-43(28-32-45)41-17-7-2-8-18-41)38-55(60-58(54)51-24-14-13-23-50(51)52)47-33-35-48(36-34-47)57-39-56(46-19-9-3-10-20-46)61-59(62-57)49-21-11-4-12-22-49/h1-39,59,61H. The summed E-state index contributed by atoms with van der Waals surface area (Å²) in [5.74, 6) is 0. The Morgan fingerprint density at radius 1 is 0.339 bits per heavy atom. The Kier molecular flexibility index (Phi) is 9.61. The molecule has 10 aromatic rings. The Morgan fingerprint density at radius 3 is 1.35 bits per heavy atom. The Labute approximate surface area is 362 Å². The number of nitrogens with zero attached hydrogens (tertiary/aromatic N) is 2. The molecule has 0 spiro atoms. The highest BCUT2D eigenvalue weighted by molar-refractivity contribution is 6.16. The molecule has 0 saturated heterocycles. The molecule has 3 nitrogen and oxygen atoms in total. The van der Waals surface area contributed by atoms with Crippen molar-refractivity contribution in [1.82, 2.24) is 10.3 Å². The average Bonchev–Trinajstić information content (AvgIpc) is 3.37. The van der Waals surface area contributed by atoms with E-state index in [1.54, 1.807) is 0 Å². The molecule has 1 aliphatic rings. The van der Waals surface area contributed by atoms with Gasteiger partial charge in [-0.2, -0.15) is 0 Å². The van der Waals surface area contributed by atoms with E-state index in [9.17, 15) is 0 Å². The molecular weight excluding hydrogens is 751 g/mol. The number of benzene rings is 9. The second-order valence-corrected chi connectivity index (χ2v) is 15.8. The number of rotatable bonds is 8. The van der Waals surface area contributed by atoms with Gasteiger partial charge in [-0.05, 0) is 84.8 Å². The highest BCUT2D eigenvalue weighted by Gasteiger charge is 2.20. The third kappa shape index (κ3) is 7.16. The highest BCUT2D eigenvalue weighted by atomic mass is 15.1. The van der Waals surface area contributed by atoms with Gasteiger partial charge in [-0.1, -0.05) is 218 Å². The van der Waals surface area contributed by atoms with Crippen LogP contribution in [0.3, 0.4) is 0 Å². The molecule has 62 heavy (non-hydrogen) atoms. The molecule has 9 aromatic carbocycles. The van der Waals surface area contributed by atoms with Crippen LogP contribution in [0, 0.1) is 0 Å². The molecule has 0 saturated carbocycles. The Bertz CT molecular complexity index is 3250. The van der Waals surface area contributed by atoms with Crippen molar-refractivity contribution < 1.29 is 0 Å². The normalized spacial score (nSPS) is 13.6. The first kappa shape index (κ1) is 36.9. The van der Waals surface area contributed by atoms with Gasteiger partial charge in [0.15, 0.2) is 0 Å². The van der Waals surface area contributed by atoms with E-state index in [2.05, 4.69) is 230 Å². The molecule has 292 valence electrons. The van der Waals surface area contributed by atoms with E-state index < -0.39 is 0 Å². The Hall–Kier alpha value is -8.14. The summed E-state index contributed by atoms with van der Waals surface area (Å²) in [6.45, 7) is 0. The number of hydrogen-bond donors (Lipinski definition) is 1. The van der Waals surface area contributed by atoms with Crippen molar-refractivity contribution in [2.75, 3.05) is 0 Å². The fraction of sp³-hybridized carbons (Fsp3) is 0.0169. The molecule has 0 radical (unpaired) electrons. The van der Waals surface area contributed by atoms with Crippen molar-refractivity contribution in [3.8, 4) is 55.8 Å². The van der Waals surface area contributed by atoms with Gasteiger partial charge in [0.2, 0.25) is 0 Å². The summed E-state index contributed by atoms with van der Waals surface area (Å²) in [6.07, 6.45) is 1.96. The molecule has 3 heteroatoms. The lowest BCUT2D eigenvalue weighted by Gasteiger charge is -2.25. The van der Waals surface area contributed by atoms with Gasteiger partial charge in [0.1, 0.15) is 6.17 Å². The van der Waals surface area contributed by atoms with Crippen LogP contribution < -0.4 is 5.32 Å². The van der Waals surface area contributed by atoms with Crippen molar-refractivity contribution in [2.45, 2.75) is 6.17 Å². The second-order valence-electron chi connectivity index (χ2n) is 15.8. The van der Waals surface area contributed by atoms with Crippen LogP contribution in [0.15, 0.2) is 242 Å². The van der Waals surface area contributed by atoms with Crippen LogP contribution in [0.4, 0.5) is 0 Å². The van der Waals surface area contributed by atoms with Crippen LogP contribution in [0.1, 0.15) is 22.9 Å². The Balaban J connectivity index is 1.04. The van der Waals surface area contributed by atoms with E-state index in [1.165, 1.54) is 38.8 Å². The number of aliphatic imine (C=N–C) groups is 1. The SMILES string of the molecule is C1=C(c2ccccc2)NC(c2ccccc2)N=C1c1ccc(-c2cc(-c3ccc(-c4ccccc4)cc3)c3cc(-c4ccc(-c5ccccc5)cc4)c4ccccc4c3n2)cc1. The van der Waals surface area contributed by atoms with E-state index in [-0.39, 0.29) is 6.17 Å². The van der Waals surface area contributed by atoms with Crippen molar-refractivity contribution in [1.29, 1.82) is 0 Å². The van der Waals surface area contributed by atoms with Crippen LogP contribution in [-0.4, -0.2) is 10.7 Å². The molecule has 0 amide bonds. The maximum atomic E-state index is 5.51. The zero-order valence-corrected chi connectivity index (χ0v) is 34.0. The zero-order valence-electron chi connectivity index (χ0n) is 34.0. The minimum Gasteiger partial charge on any atom is -0.360 e. The van der Waals surface area contributed by atoms with Gasteiger partial charge >= 0.3 is 0 Å². The maximum absolute atomic E-state index is 5.51. The summed E-state index contributed by atoms with van der Waals surface area (Å²) < 4.78 is 0. The van der Waals surface area contributed by atoms with Gasteiger partial charge in [0.25, 0.3) is 0 Å². The molecule has 1 unspecified atom stereocenters. The monoisotopic (exact) mass is 791 g/mol. The number of hydrogen-bond acceptors (Lipinski definition) is 3. The molecule has 1 aromatic heterocycles. The van der Waals surface area contributed by atoms with Crippen molar-refractivity contribution in [3.05, 3.63) is 253 Å². The third-order valence-corrected chi connectivity index (χ3v) is 11.9. The van der Waals surface area contributed by atoms with E-state index in [0.717, 1.165) is 66.8 Å². The largest absolute Gasteiger partial charge is 0.360 e. The van der Waals surface area contributed by atoms with Crippen molar-refractivity contribution >= 4 is 33.1 Å². The van der Waals surface area contributed by atoms with E-state index in [0.29, 0.717) is 0 Å². The molecular formula is C59H41N3. The van der Waals surface area contributed by atoms with Crippen LogP contribution in [0.25, 0.3) is 83.1 Å². The van der Waals surface area contributed by atoms with Gasteiger partial charge in [-0.15, -0.1) is 0 Å². The zero-order chi connectivity index (χ0) is 41.2. The van der Waals surface area contributed by atoms with Crippen molar-refractivity contribution in [2.24, 2.45) is 4.99 Å². The summed E-state index contributed by atoms with van der Waals surface area (Å²) in [4.78, 5) is 10.7.